The van der Waals surface area contributed by atoms with Gasteiger partial charge in [0.2, 0.25) is 0 Å². The second-order valence-corrected chi connectivity index (χ2v) is 3.95. The maximum atomic E-state index is 10.8. The molecule has 100 valence electrons. The van der Waals surface area contributed by atoms with Gasteiger partial charge in [0, 0.05) is 18.5 Å². The second kappa shape index (κ2) is 5.96. The van der Waals surface area contributed by atoms with Gasteiger partial charge in [-0.05, 0) is 6.07 Å². The van der Waals surface area contributed by atoms with Crippen molar-refractivity contribution in [1.82, 2.24) is 9.55 Å². The summed E-state index contributed by atoms with van der Waals surface area (Å²) in [7, 11) is 0. The molecule has 2 aromatic rings. The average molecular weight is 263 g/mol. The molecule has 0 aliphatic rings. The maximum Gasteiger partial charge on any atom is 0.310 e. The van der Waals surface area contributed by atoms with Crippen LogP contribution < -0.4 is 4.74 Å². The average Bonchev–Trinajstić information content (AvgIpc) is 2.89. The van der Waals surface area contributed by atoms with E-state index < -0.39 is 11.0 Å². The van der Waals surface area contributed by atoms with E-state index in [0.29, 0.717) is 6.54 Å². The summed E-state index contributed by atoms with van der Waals surface area (Å²) in [4.78, 5) is 14.1. The first kappa shape index (κ1) is 13.0. The minimum absolute atomic E-state index is 0.0248. The maximum absolute atomic E-state index is 10.8. The highest BCUT2D eigenvalue weighted by molar-refractivity contribution is 5.45. The van der Waals surface area contributed by atoms with Gasteiger partial charge in [-0.2, -0.15) is 0 Å². The number of para-hydroxylation sites is 2. The van der Waals surface area contributed by atoms with Crippen molar-refractivity contribution in [2.75, 3.05) is 6.61 Å². The zero-order valence-electron chi connectivity index (χ0n) is 10.0. The first-order valence-corrected chi connectivity index (χ1v) is 5.67. The lowest BCUT2D eigenvalue weighted by Crippen LogP contribution is -2.23. The molecule has 1 aromatic heterocycles. The molecule has 1 aromatic carbocycles. The van der Waals surface area contributed by atoms with Gasteiger partial charge in [0.25, 0.3) is 0 Å². The van der Waals surface area contributed by atoms with Gasteiger partial charge in [0.05, 0.1) is 17.8 Å². The van der Waals surface area contributed by atoms with Crippen LogP contribution in [0.1, 0.15) is 0 Å². The molecule has 0 aliphatic carbocycles. The highest BCUT2D eigenvalue weighted by Gasteiger charge is 2.15. The molecule has 0 amide bonds. The lowest BCUT2D eigenvalue weighted by Gasteiger charge is -2.12. The number of benzene rings is 1. The number of aromatic nitrogens is 2. The van der Waals surface area contributed by atoms with Crippen molar-refractivity contribution in [3.05, 3.63) is 53.1 Å². The summed E-state index contributed by atoms with van der Waals surface area (Å²) >= 11 is 0. The molecule has 0 aliphatic heterocycles. The van der Waals surface area contributed by atoms with Crippen LogP contribution in [0.25, 0.3) is 0 Å². The minimum atomic E-state index is -0.769. The Morgan fingerprint density at radius 3 is 2.95 bits per heavy atom. The highest BCUT2D eigenvalue weighted by Crippen LogP contribution is 2.25. The number of hydrogen-bond acceptors (Lipinski definition) is 5. The molecule has 0 spiro atoms. The van der Waals surface area contributed by atoms with Gasteiger partial charge in [0.1, 0.15) is 12.7 Å². The van der Waals surface area contributed by atoms with Gasteiger partial charge in [-0.3, -0.25) is 10.1 Å². The van der Waals surface area contributed by atoms with Crippen molar-refractivity contribution in [3.63, 3.8) is 0 Å². The van der Waals surface area contributed by atoms with Crippen LogP contribution in [-0.4, -0.2) is 32.3 Å². The Kier molecular flexibility index (Phi) is 4.09. The standard InChI is InChI=1S/C12H13N3O4/c16-10(7-14-6-5-13-9-14)8-19-12-4-2-1-3-11(12)15(17)18/h1-6,9-10,16H,7-8H2/t10-/m1/s1. The number of nitrogens with zero attached hydrogens (tertiary/aromatic N) is 3. The topological polar surface area (TPSA) is 90.4 Å². The normalized spacial score (nSPS) is 12.1. The van der Waals surface area contributed by atoms with E-state index in [1.165, 1.54) is 12.1 Å². The van der Waals surface area contributed by atoms with Crippen LogP contribution in [0.3, 0.4) is 0 Å². The second-order valence-electron chi connectivity index (χ2n) is 3.95. The summed E-state index contributed by atoms with van der Waals surface area (Å²) in [5.74, 6) is 0.150. The van der Waals surface area contributed by atoms with Crippen LogP contribution >= 0.6 is 0 Å². The third-order valence-corrected chi connectivity index (χ3v) is 2.47. The smallest absolute Gasteiger partial charge is 0.310 e. The number of aliphatic hydroxyl groups excluding tert-OH is 1. The quantitative estimate of drug-likeness (QED) is 0.625. The molecule has 0 bridgehead atoms. The van der Waals surface area contributed by atoms with E-state index in [4.69, 9.17) is 4.74 Å². The summed E-state index contributed by atoms with van der Waals surface area (Å²) in [6.07, 6.45) is 4.13. The summed E-state index contributed by atoms with van der Waals surface area (Å²) in [6, 6.07) is 6.07. The van der Waals surface area contributed by atoms with E-state index >= 15 is 0 Å². The molecule has 0 fully saturated rings. The Bertz CT molecular complexity index is 542. The van der Waals surface area contributed by atoms with Gasteiger partial charge in [-0.25, -0.2) is 4.98 Å². The van der Waals surface area contributed by atoms with Crippen LogP contribution in [-0.2, 0) is 6.54 Å². The Hall–Kier alpha value is -2.41. The molecule has 19 heavy (non-hydrogen) atoms. The first-order chi connectivity index (χ1) is 9.16. The summed E-state index contributed by atoms with van der Waals surface area (Å²) < 4.78 is 6.99. The van der Waals surface area contributed by atoms with Gasteiger partial charge < -0.3 is 14.4 Å². The van der Waals surface area contributed by atoms with Crippen molar-refractivity contribution in [3.8, 4) is 5.75 Å². The molecule has 0 radical (unpaired) electrons. The lowest BCUT2D eigenvalue weighted by molar-refractivity contribution is -0.385. The minimum Gasteiger partial charge on any atom is -0.484 e. The molecule has 7 heteroatoms. The molecule has 0 saturated heterocycles. The number of hydrogen-bond donors (Lipinski definition) is 1. The molecule has 1 atom stereocenters. The molecular weight excluding hydrogens is 250 g/mol. The molecule has 1 heterocycles. The summed E-state index contributed by atoms with van der Waals surface area (Å²) in [5.41, 5.74) is -0.114. The van der Waals surface area contributed by atoms with Gasteiger partial charge in [0.15, 0.2) is 5.75 Å². The van der Waals surface area contributed by atoms with Crippen LogP contribution in [0.4, 0.5) is 5.69 Å². The fourth-order valence-electron chi connectivity index (χ4n) is 1.61. The SMILES string of the molecule is O=[N+]([O-])c1ccccc1OC[C@H](O)Cn1ccnc1. The van der Waals surface area contributed by atoms with Gasteiger partial charge >= 0.3 is 5.69 Å². The lowest BCUT2D eigenvalue weighted by atomic mass is 10.3. The van der Waals surface area contributed by atoms with E-state index in [2.05, 4.69) is 4.98 Å². The molecular formula is C12H13N3O4. The van der Waals surface area contributed by atoms with Crippen molar-refractivity contribution >= 4 is 5.69 Å². The van der Waals surface area contributed by atoms with Crippen LogP contribution in [0.5, 0.6) is 5.75 Å². The zero-order valence-corrected chi connectivity index (χ0v) is 10.0. The first-order valence-electron chi connectivity index (χ1n) is 5.67. The van der Waals surface area contributed by atoms with Crippen molar-refractivity contribution < 1.29 is 14.8 Å². The van der Waals surface area contributed by atoms with E-state index in [9.17, 15) is 15.2 Å². The van der Waals surface area contributed by atoms with E-state index in [1.807, 2.05) is 0 Å². The van der Waals surface area contributed by atoms with E-state index in [1.54, 1.807) is 35.4 Å². The van der Waals surface area contributed by atoms with Crippen molar-refractivity contribution in [2.24, 2.45) is 0 Å². The van der Waals surface area contributed by atoms with Crippen LogP contribution in [0.15, 0.2) is 43.0 Å². The number of nitro benzene ring substituents is 1. The predicted molar refractivity (Wildman–Crippen MR) is 66.8 cm³/mol. The highest BCUT2D eigenvalue weighted by atomic mass is 16.6. The molecule has 2 rings (SSSR count). The Morgan fingerprint density at radius 1 is 1.47 bits per heavy atom. The molecule has 0 unspecified atom stereocenters. The van der Waals surface area contributed by atoms with Crippen molar-refractivity contribution in [1.29, 1.82) is 0 Å². The van der Waals surface area contributed by atoms with Crippen molar-refractivity contribution in [2.45, 2.75) is 12.6 Å². The number of rotatable bonds is 6. The van der Waals surface area contributed by atoms with Gasteiger partial charge in [-0.1, -0.05) is 12.1 Å². The number of imidazole rings is 1. The number of aliphatic hydroxyl groups is 1. The number of ether oxygens (including phenoxy) is 1. The molecule has 1 N–H and O–H groups in total. The zero-order chi connectivity index (χ0) is 13.7. The Balaban J connectivity index is 1.93. The van der Waals surface area contributed by atoms with E-state index in [0.717, 1.165) is 0 Å². The van der Waals surface area contributed by atoms with Gasteiger partial charge in [-0.15, -0.1) is 0 Å². The molecule has 0 saturated carbocycles. The van der Waals surface area contributed by atoms with Crippen LogP contribution in [0.2, 0.25) is 0 Å². The third-order valence-electron chi connectivity index (χ3n) is 2.47. The van der Waals surface area contributed by atoms with Crippen LogP contribution in [0, 0.1) is 10.1 Å². The third kappa shape index (κ3) is 3.52. The molecule has 7 nitrogen and oxygen atoms in total. The summed E-state index contributed by atoms with van der Waals surface area (Å²) in [5, 5.41) is 20.5. The Labute approximate surface area is 109 Å². The monoisotopic (exact) mass is 263 g/mol. The fraction of sp³-hybridized carbons (Fsp3) is 0.250. The Morgan fingerprint density at radius 2 is 2.26 bits per heavy atom. The number of nitro groups is 1. The van der Waals surface area contributed by atoms with E-state index in [-0.39, 0.29) is 18.0 Å². The fourth-order valence-corrected chi connectivity index (χ4v) is 1.61. The largest absolute Gasteiger partial charge is 0.484 e. The summed E-state index contributed by atoms with van der Waals surface area (Å²) in [6.45, 7) is 0.295. The predicted octanol–water partition coefficient (Wildman–Crippen LogP) is 1.23.